The van der Waals surface area contributed by atoms with Crippen molar-refractivity contribution < 1.29 is 9.53 Å². The molecule has 0 bridgehead atoms. The van der Waals surface area contributed by atoms with Crippen LogP contribution in [0.25, 0.3) is 0 Å². The first-order valence-corrected chi connectivity index (χ1v) is 11.7. The van der Waals surface area contributed by atoms with Crippen molar-refractivity contribution in [3.63, 3.8) is 0 Å². The lowest BCUT2D eigenvalue weighted by Gasteiger charge is -2.40. The van der Waals surface area contributed by atoms with E-state index in [0.29, 0.717) is 19.1 Å². The lowest BCUT2D eigenvalue weighted by Crippen LogP contribution is -2.52. The van der Waals surface area contributed by atoms with Crippen LogP contribution in [0.15, 0.2) is 24.4 Å². The number of rotatable bonds is 6. The van der Waals surface area contributed by atoms with E-state index in [9.17, 15) is 4.79 Å². The molecule has 0 aliphatic carbocycles. The minimum absolute atomic E-state index is 0.210. The number of piperidine rings is 1. The van der Waals surface area contributed by atoms with Crippen LogP contribution in [-0.2, 0) is 9.53 Å². The van der Waals surface area contributed by atoms with Crippen molar-refractivity contribution in [1.29, 1.82) is 0 Å². The van der Waals surface area contributed by atoms with E-state index in [1.165, 1.54) is 12.8 Å². The van der Waals surface area contributed by atoms with Gasteiger partial charge in [-0.15, -0.1) is 0 Å². The summed E-state index contributed by atoms with van der Waals surface area (Å²) in [5.41, 5.74) is 0. The fourth-order valence-electron chi connectivity index (χ4n) is 4.99. The number of carbonyl (C=O) groups is 1. The van der Waals surface area contributed by atoms with Crippen molar-refractivity contribution >= 4 is 11.7 Å². The van der Waals surface area contributed by atoms with Crippen LogP contribution in [0, 0.1) is 5.92 Å². The smallest absolute Gasteiger partial charge is 0.236 e. The molecule has 1 aromatic rings. The molecule has 1 aromatic heterocycles. The van der Waals surface area contributed by atoms with Crippen LogP contribution < -0.4 is 4.90 Å². The number of amides is 1. The fraction of sp³-hybridized carbons (Fsp3) is 0.739. The largest absolute Gasteiger partial charge is 0.375 e. The molecule has 2 atom stereocenters. The van der Waals surface area contributed by atoms with E-state index >= 15 is 0 Å². The van der Waals surface area contributed by atoms with Crippen LogP contribution >= 0.6 is 0 Å². The predicted molar refractivity (Wildman–Crippen MR) is 119 cm³/mol. The Morgan fingerprint density at radius 1 is 1.10 bits per heavy atom. The highest BCUT2D eigenvalue weighted by Crippen LogP contribution is 2.20. The highest BCUT2D eigenvalue weighted by Gasteiger charge is 2.28. The first kappa shape index (κ1) is 21.5. The Labute approximate surface area is 181 Å². The molecule has 0 radical (unpaired) electrons. The van der Waals surface area contributed by atoms with Crippen LogP contribution in [0.4, 0.5) is 5.82 Å². The standard InChI is InChI=1S/C23H37N5O2/c1-2-21-18-28(14-15-30-21)23(29)19-26-9-5-6-20(17-26)16-25-10-12-27(13-11-25)22-7-3-4-8-24-22/h3-4,7-8,20-21H,2,5-6,9-19H2,1H3. The van der Waals surface area contributed by atoms with Crippen LogP contribution in [0.3, 0.4) is 0 Å². The number of nitrogens with zero attached hydrogens (tertiary/aromatic N) is 5. The number of morpholine rings is 1. The van der Waals surface area contributed by atoms with Gasteiger partial charge in [0.2, 0.25) is 5.91 Å². The molecule has 0 spiro atoms. The summed E-state index contributed by atoms with van der Waals surface area (Å²) >= 11 is 0. The van der Waals surface area contributed by atoms with E-state index in [-0.39, 0.29) is 12.0 Å². The Bertz CT molecular complexity index is 665. The summed E-state index contributed by atoms with van der Waals surface area (Å²) in [6, 6.07) is 6.13. The average Bonchev–Trinajstić information content (AvgIpc) is 2.80. The van der Waals surface area contributed by atoms with Gasteiger partial charge in [0.1, 0.15) is 5.82 Å². The number of hydrogen-bond donors (Lipinski definition) is 0. The molecule has 30 heavy (non-hydrogen) atoms. The zero-order chi connectivity index (χ0) is 20.8. The van der Waals surface area contributed by atoms with E-state index < -0.39 is 0 Å². The third-order valence-electron chi connectivity index (χ3n) is 6.77. The number of hydrogen-bond acceptors (Lipinski definition) is 6. The van der Waals surface area contributed by atoms with Gasteiger partial charge in [-0.3, -0.25) is 14.6 Å². The number of carbonyl (C=O) groups excluding carboxylic acids is 1. The molecule has 0 aromatic carbocycles. The van der Waals surface area contributed by atoms with Crippen molar-refractivity contribution in [2.45, 2.75) is 32.3 Å². The van der Waals surface area contributed by atoms with E-state index in [0.717, 1.165) is 71.1 Å². The lowest BCUT2D eigenvalue weighted by molar-refractivity contribution is -0.140. The van der Waals surface area contributed by atoms with Crippen LogP contribution in [0.1, 0.15) is 26.2 Å². The van der Waals surface area contributed by atoms with Crippen molar-refractivity contribution in [2.75, 3.05) is 77.0 Å². The second-order valence-electron chi connectivity index (χ2n) is 8.96. The maximum atomic E-state index is 12.8. The van der Waals surface area contributed by atoms with Gasteiger partial charge in [0.15, 0.2) is 0 Å². The Balaban J connectivity index is 1.20. The normalized spacial score (nSPS) is 26.7. The number of ether oxygens (including phenoxy) is 1. The first-order valence-electron chi connectivity index (χ1n) is 11.7. The molecule has 7 nitrogen and oxygen atoms in total. The van der Waals surface area contributed by atoms with Gasteiger partial charge in [-0.05, 0) is 43.9 Å². The molecular weight excluding hydrogens is 378 g/mol. The molecule has 1 amide bonds. The number of aromatic nitrogens is 1. The zero-order valence-corrected chi connectivity index (χ0v) is 18.4. The van der Waals surface area contributed by atoms with Crippen LogP contribution in [-0.4, -0.2) is 104 Å². The van der Waals surface area contributed by atoms with E-state index in [2.05, 4.69) is 38.7 Å². The van der Waals surface area contributed by atoms with Crippen molar-refractivity contribution in [3.8, 4) is 0 Å². The number of pyridine rings is 1. The maximum absolute atomic E-state index is 12.8. The van der Waals surface area contributed by atoms with Gasteiger partial charge in [-0.25, -0.2) is 4.98 Å². The number of piperazine rings is 1. The van der Waals surface area contributed by atoms with Gasteiger partial charge in [-0.2, -0.15) is 0 Å². The molecule has 4 rings (SSSR count). The van der Waals surface area contributed by atoms with E-state index in [1.54, 1.807) is 0 Å². The summed E-state index contributed by atoms with van der Waals surface area (Å²) in [7, 11) is 0. The Morgan fingerprint density at radius 2 is 1.97 bits per heavy atom. The van der Waals surface area contributed by atoms with Crippen molar-refractivity contribution in [2.24, 2.45) is 5.92 Å². The Morgan fingerprint density at radius 3 is 2.73 bits per heavy atom. The summed E-state index contributed by atoms with van der Waals surface area (Å²) in [5, 5.41) is 0. The molecule has 2 unspecified atom stereocenters. The molecule has 3 aliphatic rings. The lowest BCUT2D eigenvalue weighted by atomic mass is 9.97. The van der Waals surface area contributed by atoms with Crippen molar-refractivity contribution in [1.82, 2.24) is 19.7 Å². The molecule has 0 saturated carbocycles. The third kappa shape index (κ3) is 5.71. The summed E-state index contributed by atoms with van der Waals surface area (Å²) in [6.07, 6.45) is 5.54. The third-order valence-corrected chi connectivity index (χ3v) is 6.77. The summed E-state index contributed by atoms with van der Waals surface area (Å²) < 4.78 is 5.71. The van der Waals surface area contributed by atoms with Gasteiger partial charge < -0.3 is 14.5 Å². The Hall–Kier alpha value is -1.70. The van der Waals surface area contributed by atoms with Crippen LogP contribution in [0.2, 0.25) is 0 Å². The van der Waals surface area contributed by atoms with Gasteiger partial charge in [-0.1, -0.05) is 13.0 Å². The second kappa shape index (κ2) is 10.6. The van der Waals surface area contributed by atoms with Gasteiger partial charge >= 0.3 is 0 Å². The molecule has 3 saturated heterocycles. The summed E-state index contributed by atoms with van der Waals surface area (Å²) in [4.78, 5) is 26.7. The van der Waals surface area contributed by atoms with Crippen LogP contribution in [0.5, 0.6) is 0 Å². The van der Waals surface area contributed by atoms with Gasteiger partial charge in [0.25, 0.3) is 0 Å². The van der Waals surface area contributed by atoms with Gasteiger partial charge in [0.05, 0.1) is 19.3 Å². The highest BCUT2D eigenvalue weighted by atomic mass is 16.5. The second-order valence-corrected chi connectivity index (χ2v) is 8.96. The molecule has 4 heterocycles. The minimum Gasteiger partial charge on any atom is -0.375 e. The molecule has 3 fully saturated rings. The topological polar surface area (TPSA) is 52.2 Å². The molecule has 7 heteroatoms. The van der Waals surface area contributed by atoms with E-state index in [1.807, 2.05) is 17.2 Å². The SMILES string of the molecule is CCC1CN(C(=O)CN2CCCC(CN3CCN(c4ccccn4)CC3)C2)CCO1. The monoisotopic (exact) mass is 415 g/mol. The summed E-state index contributed by atoms with van der Waals surface area (Å²) in [6.45, 7) is 12.4. The van der Waals surface area contributed by atoms with E-state index in [4.69, 9.17) is 4.74 Å². The first-order chi connectivity index (χ1) is 14.7. The van der Waals surface area contributed by atoms with Crippen molar-refractivity contribution in [3.05, 3.63) is 24.4 Å². The number of likely N-dealkylation sites (tertiary alicyclic amines) is 1. The fourth-order valence-corrected chi connectivity index (χ4v) is 4.99. The highest BCUT2D eigenvalue weighted by molar-refractivity contribution is 5.78. The quantitative estimate of drug-likeness (QED) is 0.703. The summed E-state index contributed by atoms with van der Waals surface area (Å²) in [5.74, 6) is 2.04. The Kier molecular flexibility index (Phi) is 7.57. The predicted octanol–water partition coefficient (Wildman–Crippen LogP) is 1.55. The molecule has 3 aliphatic heterocycles. The molecule has 0 N–H and O–H groups in total. The average molecular weight is 416 g/mol. The molecular formula is C23H37N5O2. The zero-order valence-electron chi connectivity index (χ0n) is 18.4. The maximum Gasteiger partial charge on any atom is 0.236 e. The number of anilines is 1. The minimum atomic E-state index is 0.210. The van der Waals surface area contributed by atoms with Gasteiger partial charge in [0, 0.05) is 58.6 Å². The molecule has 166 valence electrons.